The summed E-state index contributed by atoms with van der Waals surface area (Å²) in [6, 6.07) is 5.12. The maximum atomic E-state index is 13.0. The molecule has 0 aliphatic carbocycles. The van der Waals surface area contributed by atoms with Crippen molar-refractivity contribution in [1.29, 1.82) is 0 Å². The fourth-order valence-electron chi connectivity index (χ4n) is 4.52. The van der Waals surface area contributed by atoms with Crippen LogP contribution >= 0.6 is 0 Å². The highest BCUT2D eigenvalue weighted by atomic mass is 16.6. The Bertz CT molecular complexity index is 734. The summed E-state index contributed by atoms with van der Waals surface area (Å²) in [6.45, 7) is 3.86. The molecule has 3 heterocycles. The second-order valence-corrected chi connectivity index (χ2v) is 7.78. The number of nitrogens with one attached hydrogen (secondary N) is 1. The number of non-ortho nitro benzene ring substituents is 1. The molecule has 0 radical (unpaired) electrons. The number of fused-ring (bicyclic) bond motifs is 3. The van der Waals surface area contributed by atoms with E-state index < -0.39 is 0 Å². The fraction of sp³-hybridized carbons (Fsp3) is 0.632. The lowest BCUT2D eigenvalue weighted by Gasteiger charge is -2.48. The van der Waals surface area contributed by atoms with Gasteiger partial charge < -0.3 is 19.9 Å². The summed E-state index contributed by atoms with van der Waals surface area (Å²) in [5.74, 6) is -0.198. The fourth-order valence-corrected chi connectivity index (χ4v) is 4.52. The Kier molecular flexibility index (Phi) is 5.01. The number of rotatable bonds is 4. The Balaban J connectivity index is 1.57. The lowest BCUT2D eigenvalue weighted by molar-refractivity contribution is -0.384. The predicted octanol–water partition coefficient (Wildman–Crippen LogP) is 1.18. The van der Waals surface area contributed by atoms with E-state index >= 15 is 0 Å². The first-order valence-electron chi connectivity index (χ1n) is 9.65. The van der Waals surface area contributed by atoms with Gasteiger partial charge in [-0.1, -0.05) is 0 Å². The standard InChI is InChI=1S/C19H26N4O4/c1-21-6-7-22-17-5-4-14(23(25)26)9-13(17)10-16(18(22)12-21)19(24)20-11-15-3-2-8-27-15/h4-5,9,15-16,18H,2-3,6-8,10-12H2,1H3,(H,20,24)/t15-,16-,18+/m0/s1. The van der Waals surface area contributed by atoms with Crippen molar-refractivity contribution in [2.75, 3.05) is 44.7 Å². The zero-order chi connectivity index (χ0) is 19.0. The molecular formula is C19H26N4O4. The highest BCUT2D eigenvalue weighted by molar-refractivity contribution is 5.82. The minimum atomic E-state index is -0.372. The van der Waals surface area contributed by atoms with E-state index in [0.717, 1.165) is 50.3 Å². The first kappa shape index (κ1) is 18.2. The Morgan fingerprint density at radius 2 is 2.26 bits per heavy atom. The second kappa shape index (κ2) is 7.44. The molecule has 146 valence electrons. The number of likely N-dealkylation sites (N-methyl/N-ethyl adjacent to an activating group) is 1. The normalized spacial score (nSPS) is 27.7. The highest BCUT2D eigenvalue weighted by Gasteiger charge is 2.41. The van der Waals surface area contributed by atoms with Gasteiger partial charge >= 0.3 is 0 Å². The van der Waals surface area contributed by atoms with Crippen LogP contribution in [0, 0.1) is 16.0 Å². The van der Waals surface area contributed by atoms with Crippen LogP contribution in [0.4, 0.5) is 11.4 Å². The Labute approximate surface area is 158 Å². The number of hydrogen-bond acceptors (Lipinski definition) is 6. The molecule has 8 heteroatoms. The van der Waals surface area contributed by atoms with Crippen LogP contribution in [0.2, 0.25) is 0 Å². The summed E-state index contributed by atoms with van der Waals surface area (Å²) in [4.78, 5) is 28.3. The Morgan fingerprint density at radius 3 is 3.00 bits per heavy atom. The van der Waals surface area contributed by atoms with Crippen LogP contribution in [0.15, 0.2) is 18.2 Å². The van der Waals surface area contributed by atoms with Crippen molar-refractivity contribution < 1.29 is 14.5 Å². The van der Waals surface area contributed by atoms with Crippen LogP contribution < -0.4 is 10.2 Å². The second-order valence-electron chi connectivity index (χ2n) is 7.78. The summed E-state index contributed by atoms with van der Waals surface area (Å²) in [6.07, 6.45) is 2.67. The number of carbonyl (C=O) groups excluding carboxylic acids is 1. The molecule has 3 aliphatic rings. The van der Waals surface area contributed by atoms with Crippen LogP contribution in [0.1, 0.15) is 18.4 Å². The molecule has 1 N–H and O–H groups in total. The Morgan fingerprint density at radius 1 is 1.41 bits per heavy atom. The topological polar surface area (TPSA) is 88.0 Å². The maximum Gasteiger partial charge on any atom is 0.269 e. The van der Waals surface area contributed by atoms with Crippen LogP contribution in [-0.4, -0.2) is 67.7 Å². The first-order valence-corrected chi connectivity index (χ1v) is 9.65. The third-order valence-corrected chi connectivity index (χ3v) is 5.97. The number of nitro groups is 1. The monoisotopic (exact) mass is 374 g/mol. The van der Waals surface area contributed by atoms with E-state index in [2.05, 4.69) is 22.2 Å². The molecule has 1 aromatic carbocycles. The number of piperazine rings is 1. The zero-order valence-electron chi connectivity index (χ0n) is 15.6. The van der Waals surface area contributed by atoms with Crippen LogP contribution in [0.25, 0.3) is 0 Å². The van der Waals surface area contributed by atoms with Gasteiger partial charge in [-0.25, -0.2) is 0 Å². The van der Waals surface area contributed by atoms with E-state index in [1.807, 2.05) is 6.07 Å². The van der Waals surface area contributed by atoms with Crippen molar-refractivity contribution in [3.8, 4) is 0 Å². The number of anilines is 1. The number of carbonyl (C=O) groups is 1. The average Bonchev–Trinajstić information content (AvgIpc) is 3.18. The zero-order valence-corrected chi connectivity index (χ0v) is 15.6. The third-order valence-electron chi connectivity index (χ3n) is 5.97. The van der Waals surface area contributed by atoms with E-state index in [9.17, 15) is 14.9 Å². The number of benzene rings is 1. The number of amides is 1. The molecular weight excluding hydrogens is 348 g/mol. The van der Waals surface area contributed by atoms with Gasteiger partial charge in [0.25, 0.3) is 5.69 Å². The molecule has 27 heavy (non-hydrogen) atoms. The third kappa shape index (κ3) is 3.64. The van der Waals surface area contributed by atoms with Crippen molar-refractivity contribution in [1.82, 2.24) is 10.2 Å². The molecule has 0 unspecified atom stereocenters. The van der Waals surface area contributed by atoms with Crippen molar-refractivity contribution in [3.05, 3.63) is 33.9 Å². The summed E-state index contributed by atoms with van der Waals surface area (Å²) < 4.78 is 5.60. The molecule has 0 aromatic heterocycles. The molecule has 8 nitrogen and oxygen atoms in total. The number of nitro benzene ring substituents is 1. The molecule has 2 saturated heterocycles. The van der Waals surface area contributed by atoms with E-state index in [1.54, 1.807) is 12.1 Å². The van der Waals surface area contributed by atoms with Gasteiger partial charge in [0.1, 0.15) is 0 Å². The van der Waals surface area contributed by atoms with Gasteiger partial charge in [-0.3, -0.25) is 14.9 Å². The molecule has 0 spiro atoms. The lowest BCUT2D eigenvalue weighted by Crippen LogP contribution is -2.60. The number of hydrogen-bond donors (Lipinski definition) is 1. The van der Waals surface area contributed by atoms with Gasteiger partial charge in [0, 0.05) is 50.6 Å². The van der Waals surface area contributed by atoms with E-state index in [0.29, 0.717) is 13.0 Å². The average molecular weight is 374 g/mol. The summed E-state index contributed by atoms with van der Waals surface area (Å²) >= 11 is 0. The SMILES string of the molecule is CN1CCN2c3ccc([N+](=O)[O-])cc3C[C@H](C(=O)NC[C@@H]3CCCO3)[C@H]2C1. The molecule has 3 aliphatic heterocycles. The Hall–Kier alpha value is -2.19. The van der Waals surface area contributed by atoms with Crippen molar-refractivity contribution in [3.63, 3.8) is 0 Å². The lowest BCUT2D eigenvalue weighted by atomic mass is 9.83. The number of ether oxygens (including phenoxy) is 1. The van der Waals surface area contributed by atoms with E-state index in [-0.39, 0.29) is 34.6 Å². The first-order chi connectivity index (χ1) is 13.0. The molecule has 2 fully saturated rings. The minimum Gasteiger partial charge on any atom is -0.376 e. The van der Waals surface area contributed by atoms with Crippen LogP contribution in [0.3, 0.4) is 0 Å². The minimum absolute atomic E-state index is 0.0213. The largest absolute Gasteiger partial charge is 0.376 e. The summed E-state index contributed by atoms with van der Waals surface area (Å²) in [7, 11) is 2.07. The molecule has 0 saturated carbocycles. The molecule has 1 aromatic rings. The van der Waals surface area contributed by atoms with Crippen molar-refractivity contribution in [2.24, 2.45) is 5.92 Å². The maximum absolute atomic E-state index is 13.0. The molecule has 3 atom stereocenters. The smallest absolute Gasteiger partial charge is 0.269 e. The predicted molar refractivity (Wildman–Crippen MR) is 101 cm³/mol. The summed E-state index contributed by atoms with van der Waals surface area (Å²) in [5, 5.41) is 14.2. The van der Waals surface area contributed by atoms with Gasteiger partial charge in [-0.2, -0.15) is 0 Å². The van der Waals surface area contributed by atoms with Gasteiger partial charge in [-0.05, 0) is 37.9 Å². The molecule has 4 rings (SSSR count). The highest BCUT2D eigenvalue weighted by Crippen LogP contribution is 2.37. The van der Waals surface area contributed by atoms with Crippen molar-refractivity contribution in [2.45, 2.75) is 31.4 Å². The van der Waals surface area contributed by atoms with Gasteiger partial charge in [0.05, 0.1) is 23.0 Å². The van der Waals surface area contributed by atoms with Crippen molar-refractivity contribution >= 4 is 17.3 Å². The molecule has 1 amide bonds. The summed E-state index contributed by atoms with van der Waals surface area (Å²) in [5.41, 5.74) is 2.00. The van der Waals surface area contributed by atoms with Crippen LogP contribution in [-0.2, 0) is 16.0 Å². The van der Waals surface area contributed by atoms with Gasteiger partial charge in [0.2, 0.25) is 5.91 Å². The quantitative estimate of drug-likeness (QED) is 0.629. The van der Waals surface area contributed by atoms with Gasteiger partial charge in [0.15, 0.2) is 0 Å². The van der Waals surface area contributed by atoms with E-state index in [1.165, 1.54) is 0 Å². The molecule has 0 bridgehead atoms. The van der Waals surface area contributed by atoms with Crippen LogP contribution in [0.5, 0.6) is 0 Å². The van der Waals surface area contributed by atoms with E-state index in [4.69, 9.17) is 4.74 Å². The number of nitrogens with zero attached hydrogens (tertiary/aromatic N) is 3. The van der Waals surface area contributed by atoms with Gasteiger partial charge in [-0.15, -0.1) is 0 Å².